The maximum Gasteiger partial charge on any atom is 0.272 e. The molecule has 0 atom stereocenters. The first-order valence-corrected chi connectivity index (χ1v) is 6.21. The molecule has 0 bridgehead atoms. The molecule has 0 aliphatic heterocycles. The molecule has 0 saturated heterocycles. The number of nitrogen functional groups attached to an aromatic ring is 1. The van der Waals surface area contributed by atoms with Gasteiger partial charge in [-0.1, -0.05) is 6.92 Å². The van der Waals surface area contributed by atoms with Gasteiger partial charge < -0.3 is 10.6 Å². The second-order valence-electron chi connectivity index (χ2n) is 4.67. The van der Waals surface area contributed by atoms with Gasteiger partial charge in [-0.2, -0.15) is 0 Å². The Kier molecular flexibility index (Phi) is 3.61. The molecule has 4 heteroatoms. The van der Waals surface area contributed by atoms with E-state index in [2.05, 4.69) is 11.9 Å². The lowest BCUT2D eigenvalue weighted by Crippen LogP contribution is -2.34. The van der Waals surface area contributed by atoms with Crippen LogP contribution in [0.4, 0.5) is 5.69 Å². The average molecular weight is 233 g/mol. The van der Waals surface area contributed by atoms with Gasteiger partial charge in [0.05, 0.1) is 0 Å². The second-order valence-corrected chi connectivity index (χ2v) is 4.67. The van der Waals surface area contributed by atoms with E-state index < -0.39 is 0 Å². The van der Waals surface area contributed by atoms with Crippen LogP contribution in [0.25, 0.3) is 0 Å². The maximum absolute atomic E-state index is 12.3. The molecule has 1 amide bonds. The standard InChI is InChI=1S/C13H19N3O/c1-2-7-16(9-10-3-4-10)13(17)12-8-11(14)5-6-15-12/h5-6,8,10H,2-4,7,9H2,1H3,(H2,14,15). The minimum Gasteiger partial charge on any atom is -0.399 e. The van der Waals surface area contributed by atoms with Crippen LogP contribution in [0.1, 0.15) is 36.7 Å². The Hall–Kier alpha value is -1.58. The van der Waals surface area contributed by atoms with E-state index in [0.717, 1.165) is 19.5 Å². The summed E-state index contributed by atoms with van der Waals surface area (Å²) in [4.78, 5) is 18.3. The number of carbonyl (C=O) groups excluding carboxylic acids is 1. The van der Waals surface area contributed by atoms with E-state index in [0.29, 0.717) is 17.3 Å². The Morgan fingerprint density at radius 3 is 2.94 bits per heavy atom. The van der Waals surface area contributed by atoms with Crippen molar-refractivity contribution in [1.82, 2.24) is 9.88 Å². The minimum absolute atomic E-state index is 0.00560. The van der Waals surface area contributed by atoms with Crippen LogP contribution in [0.3, 0.4) is 0 Å². The highest BCUT2D eigenvalue weighted by Crippen LogP contribution is 2.30. The summed E-state index contributed by atoms with van der Waals surface area (Å²) >= 11 is 0. The summed E-state index contributed by atoms with van der Waals surface area (Å²) in [6.45, 7) is 3.74. The van der Waals surface area contributed by atoms with Gasteiger partial charge in [-0.25, -0.2) is 0 Å². The largest absolute Gasteiger partial charge is 0.399 e. The van der Waals surface area contributed by atoms with E-state index in [1.807, 2.05) is 4.90 Å². The predicted octanol–water partition coefficient (Wildman–Crippen LogP) is 1.93. The van der Waals surface area contributed by atoms with E-state index in [1.54, 1.807) is 18.3 Å². The third-order valence-corrected chi connectivity index (χ3v) is 2.96. The van der Waals surface area contributed by atoms with Crippen molar-refractivity contribution in [3.8, 4) is 0 Å². The van der Waals surface area contributed by atoms with Crippen molar-refractivity contribution in [3.05, 3.63) is 24.0 Å². The molecule has 1 aliphatic carbocycles. The smallest absolute Gasteiger partial charge is 0.272 e. The fourth-order valence-electron chi connectivity index (χ4n) is 1.88. The first kappa shape index (κ1) is 11.9. The summed E-state index contributed by atoms with van der Waals surface area (Å²) in [5.74, 6) is 0.706. The van der Waals surface area contributed by atoms with Crippen molar-refractivity contribution in [2.75, 3.05) is 18.8 Å². The predicted molar refractivity (Wildman–Crippen MR) is 67.6 cm³/mol. The van der Waals surface area contributed by atoms with E-state index in [9.17, 15) is 4.79 Å². The second kappa shape index (κ2) is 5.17. The minimum atomic E-state index is 0.00560. The normalized spacial score (nSPS) is 14.6. The third kappa shape index (κ3) is 3.19. The van der Waals surface area contributed by atoms with Crippen LogP contribution in [0.2, 0.25) is 0 Å². The molecular formula is C13H19N3O. The number of nitrogens with two attached hydrogens (primary N) is 1. The molecule has 4 nitrogen and oxygen atoms in total. The first-order chi connectivity index (χ1) is 8.20. The number of carbonyl (C=O) groups is 1. The fourth-order valence-corrected chi connectivity index (χ4v) is 1.88. The molecule has 1 saturated carbocycles. The first-order valence-electron chi connectivity index (χ1n) is 6.21. The van der Waals surface area contributed by atoms with Crippen molar-refractivity contribution >= 4 is 11.6 Å². The zero-order valence-electron chi connectivity index (χ0n) is 10.2. The van der Waals surface area contributed by atoms with Crippen LogP contribution in [-0.4, -0.2) is 28.9 Å². The summed E-state index contributed by atoms with van der Waals surface area (Å²) in [6.07, 6.45) is 5.06. The molecule has 92 valence electrons. The zero-order valence-corrected chi connectivity index (χ0v) is 10.2. The molecule has 2 N–H and O–H groups in total. The molecule has 0 aromatic carbocycles. The highest BCUT2D eigenvalue weighted by atomic mass is 16.2. The van der Waals surface area contributed by atoms with Crippen molar-refractivity contribution in [1.29, 1.82) is 0 Å². The molecule has 1 aromatic heterocycles. The van der Waals surface area contributed by atoms with Crippen LogP contribution >= 0.6 is 0 Å². The topological polar surface area (TPSA) is 59.2 Å². The molecule has 0 radical (unpaired) electrons. The number of nitrogens with zero attached hydrogens (tertiary/aromatic N) is 2. The molecule has 0 unspecified atom stereocenters. The number of anilines is 1. The van der Waals surface area contributed by atoms with Crippen LogP contribution in [0, 0.1) is 5.92 Å². The summed E-state index contributed by atoms with van der Waals surface area (Å²) in [5.41, 5.74) is 6.72. The number of hydrogen-bond acceptors (Lipinski definition) is 3. The molecule has 1 aromatic rings. The molecule has 1 fully saturated rings. The number of rotatable bonds is 5. The SMILES string of the molecule is CCCN(CC1CC1)C(=O)c1cc(N)ccn1. The Bertz CT molecular complexity index is 401. The van der Waals surface area contributed by atoms with Gasteiger partial charge in [0, 0.05) is 25.0 Å². The Morgan fingerprint density at radius 1 is 1.59 bits per heavy atom. The quantitative estimate of drug-likeness (QED) is 0.845. The highest BCUT2D eigenvalue weighted by Gasteiger charge is 2.27. The number of aromatic nitrogens is 1. The summed E-state index contributed by atoms with van der Waals surface area (Å²) in [6, 6.07) is 3.35. The zero-order chi connectivity index (χ0) is 12.3. The Labute approximate surface area is 102 Å². The molecule has 1 heterocycles. The average Bonchev–Trinajstić information content (AvgIpc) is 3.11. The molecule has 17 heavy (non-hydrogen) atoms. The van der Waals surface area contributed by atoms with Crippen LogP contribution in [-0.2, 0) is 0 Å². The maximum atomic E-state index is 12.3. The van der Waals surface area contributed by atoms with Gasteiger partial charge in [0.1, 0.15) is 5.69 Å². The van der Waals surface area contributed by atoms with Crippen molar-refractivity contribution in [2.45, 2.75) is 26.2 Å². The number of pyridine rings is 1. The van der Waals surface area contributed by atoms with Gasteiger partial charge in [-0.05, 0) is 37.3 Å². The van der Waals surface area contributed by atoms with Gasteiger partial charge in [-0.15, -0.1) is 0 Å². The van der Waals surface area contributed by atoms with Crippen molar-refractivity contribution in [2.24, 2.45) is 5.92 Å². The lowest BCUT2D eigenvalue weighted by Gasteiger charge is -2.21. The molecule has 1 aliphatic rings. The summed E-state index contributed by atoms with van der Waals surface area (Å²) < 4.78 is 0. The van der Waals surface area contributed by atoms with Crippen LogP contribution in [0.5, 0.6) is 0 Å². The fraction of sp³-hybridized carbons (Fsp3) is 0.538. The van der Waals surface area contributed by atoms with E-state index in [1.165, 1.54) is 12.8 Å². The Morgan fingerprint density at radius 2 is 2.35 bits per heavy atom. The van der Waals surface area contributed by atoms with Crippen molar-refractivity contribution in [3.63, 3.8) is 0 Å². The molecule has 0 spiro atoms. The highest BCUT2D eigenvalue weighted by molar-refractivity contribution is 5.93. The lowest BCUT2D eigenvalue weighted by atomic mass is 10.2. The van der Waals surface area contributed by atoms with Crippen LogP contribution in [0.15, 0.2) is 18.3 Å². The molecular weight excluding hydrogens is 214 g/mol. The summed E-state index contributed by atoms with van der Waals surface area (Å²) in [5, 5.41) is 0. The van der Waals surface area contributed by atoms with Gasteiger partial charge in [0.2, 0.25) is 0 Å². The monoisotopic (exact) mass is 233 g/mol. The van der Waals surface area contributed by atoms with Gasteiger partial charge >= 0.3 is 0 Å². The Balaban J connectivity index is 2.08. The molecule has 2 rings (SSSR count). The number of amides is 1. The van der Waals surface area contributed by atoms with Crippen LogP contribution < -0.4 is 5.73 Å². The summed E-state index contributed by atoms with van der Waals surface area (Å²) in [7, 11) is 0. The van der Waals surface area contributed by atoms with E-state index >= 15 is 0 Å². The number of hydrogen-bond donors (Lipinski definition) is 1. The van der Waals surface area contributed by atoms with Gasteiger partial charge in [0.15, 0.2) is 0 Å². The van der Waals surface area contributed by atoms with E-state index in [4.69, 9.17) is 5.73 Å². The van der Waals surface area contributed by atoms with Crippen molar-refractivity contribution < 1.29 is 4.79 Å². The third-order valence-electron chi connectivity index (χ3n) is 2.96. The lowest BCUT2D eigenvalue weighted by molar-refractivity contribution is 0.0742. The van der Waals surface area contributed by atoms with E-state index in [-0.39, 0.29) is 5.91 Å². The van der Waals surface area contributed by atoms with Gasteiger partial charge in [-0.3, -0.25) is 9.78 Å². The van der Waals surface area contributed by atoms with Gasteiger partial charge in [0.25, 0.3) is 5.91 Å².